The first-order valence-electron chi connectivity index (χ1n) is 12.3. The molecule has 0 aliphatic rings. The van der Waals surface area contributed by atoms with Crippen molar-refractivity contribution in [3.63, 3.8) is 0 Å². The average Bonchev–Trinajstić information content (AvgIpc) is 2.80. The third-order valence-corrected chi connectivity index (χ3v) is 7.65. The number of nitro benzene ring substituents is 1. The molecule has 0 saturated carbocycles. The molecular formula is C24H32F8N2O4S. The van der Waals surface area contributed by atoms with Crippen LogP contribution in [0.1, 0.15) is 77.2 Å². The highest BCUT2D eigenvalue weighted by Gasteiger charge is 2.56. The molecule has 1 rings (SSSR count). The number of unbranched alkanes of at least 4 members (excludes halogenated alkanes) is 5. The minimum atomic E-state index is -5.71. The van der Waals surface area contributed by atoms with E-state index in [-0.39, 0.29) is 12.2 Å². The average molecular weight is 597 g/mol. The number of rotatable bonds is 16. The van der Waals surface area contributed by atoms with Gasteiger partial charge < -0.3 is 10.4 Å². The van der Waals surface area contributed by atoms with Crippen LogP contribution < -0.4 is 5.32 Å². The number of amides is 1. The van der Waals surface area contributed by atoms with Crippen molar-refractivity contribution in [3.8, 4) is 0 Å². The number of thioether (sulfide) groups is 1. The van der Waals surface area contributed by atoms with Crippen molar-refractivity contribution in [2.75, 3.05) is 11.1 Å². The van der Waals surface area contributed by atoms with Crippen LogP contribution in [-0.2, 0) is 11.0 Å². The summed E-state index contributed by atoms with van der Waals surface area (Å²) in [7, 11) is 0. The first-order valence-corrected chi connectivity index (χ1v) is 13.3. The number of halogens is 8. The van der Waals surface area contributed by atoms with Crippen LogP contribution in [0.5, 0.6) is 0 Å². The lowest BCUT2D eigenvalue weighted by molar-refractivity contribution is -0.388. The third kappa shape index (κ3) is 10.7. The molecule has 0 heterocycles. The maximum atomic E-state index is 13.3. The highest BCUT2D eigenvalue weighted by molar-refractivity contribution is 8.00. The number of alkyl halides is 8. The Hall–Kier alpha value is -2.16. The number of carbonyl (C=O) groups is 1. The van der Waals surface area contributed by atoms with Crippen LogP contribution in [0.15, 0.2) is 18.2 Å². The zero-order valence-corrected chi connectivity index (χ0v) is 22.2. The molecule has 6 nitrogen and oxygen atoms in total. The summed E-state index contributed by atoms with van der Waals surface area (Å²) in [5, 5.41) is 23.1. The zero-order chi connectivity index (χ0) is 30.1. The molecular weight excluding hydrogens is 564 g/mol. The predicted octanol–water partition coefficient (Wildman–Crippen LogP) is 8.13. The van der Waals surface area contributed by atoms with E-state index in [0.717, 1.165) is 50.4 Å². The third-order valence-electron chi connectivity index (χ3n) is 6.03. The molecule has 0 bridgehead atoms. The van der Waals surface area contributed by atoms with E-state index in [2.05, 4.69) is 5.32 Å². The second kappa shape index (κ2) is 14.5. The van der Waals surface area contributed by atoms with Gasteiger partial charge in [-0.3, -0.25) is 14.9 Å². The number of carbonyl (C=O) groups excluding carboxylic acids is 1. The maximum Gasteiger partial charge on any atom is 0.453 e. The van der Waals surface area contributed by atoms with Gasteiger partial charge in [-0.2, -0.15) is 46.9 Å². The number of hydrogen-bond acceptors (Lipinski definition) is 5. The monoisotopic (exact) mass is 596 g/mol. The van der Waals surface area contributed by atoms with E-state index < -0.39 is 69.7 Å². The van der Waals surface area contributed by atoms with Crippen molar-refractivity contribution in [3.05, 3.63) is 33.9 Å². The van der Waals surface area contributed by atoms with E-state index in [0.29, 0.717) is 25.0 Å². The standard InChI is InChI=1S/C24H32F8N2O4S/c1-3-4-5-6-7-8-10-19(39-14-9-13-22(25,26)24(30,31)32)21(2,36)20(35)33-16-11-12-18(34(37)38)17(15-16)23(27,28)29/h11-12,15,19,36H,3-10,13-14H2,1-2H3,(H,33,35). The summed E-state index contributed by atoms with van der Waals surface area (Å²) >= 11 is 0.820. The molecule has 1 aromatic carbocycles. The SMILES string of the molecule is CCCCCCCCC(SCCCC(F)(F)C(F)(F)F)C(C)(O)C(=O)Nc1ccc([N+](=O)[O-])c(C(F)(F)F)c1. The number of nitrogens with zero attached hydrogens (tertiary/aromatic N) is 1. The van der Waals surface area contributed by atoms with Gasteiger partial charge in [0.2, 0.25) is 0 Å². The molecule has 2 unspecified atom stereocenters. The molecule has 0 radical (unpaired) electrons. The highest BCUT2D eigenvalue weighted by Crippen LogP contribution is 2.40. The lowest BCUT2D eigenvalue weighted by Gasteiger charge is -2.32. The van der Waals surface area contributed by atoms with Gasteiger partial charge >= 0.3 is 18.3 Å². The second-order valence-electron chi connectivity index (χ2n) is 9.31. The fourth-order valence-corrected chi connectivity index (χ4v) is 5.06. The smallest absolute Gasteiger partial charge is 0.379 e. The number of anilines is 1. The molecule has 2 N–H and O–H groups in total. The minimum Gasteiger partial charge on any atom is -0.379 e. The van der Waals surface area contributed by atoms with Crippen molar-refractivity contribution < 1.29 is 49.9 Å². The molecule has 1 aromatic rings. The van der Waals surface area contributed by atoms with E-state index in [4.69, 9.17) is 0 Å². The maximum absolute atomic E-state index is 13.3. The van der Waals surface area contributed by atoms with Gasteiger partial charge in [-0.25, -0.2) is 0 Å². The molecule has 0 aliphatic carbocycles. The van der Waals surface area contributed by atoms with Crippen molar-refractivity contribution in [1.82, 2.24) is 0 Å². The summed E-state index contributed by atoms with van der Waals surface area (Å²) in [4.78, 5) is 22.6. The Morgan fingerprint density at radius 3 is 2.15 bits per heavy atom. The lowest BCUT2D eigenvalue weighted by atomic mass is 9.95. The summed E-state index contributed by atoms with van der Waals surface area (Å²) in [5.74, 6) is -6.30. The Bertz CT molecular complexity index is 955. The van der Waals surface area contributed by atoms with Gasteiger partial charge in [-0.15, -0.1) is 0 Å². The minimum absolute atomic E-state index is 0.181. The van der Waals surface area contributed by atoms with Crippen molar-refractivity contribution in [1.29, 1.82) is 0 Å². The van der Waals surface area contributed by atoms with E-state index in [1.165, 1.54) is 0 Å². The molecule has 224 valence electrons. The molecule has 0 spiro atoms. The molecule has 0 fully saturated rings. The van der Waals surface area contributed by atoms with Gasteiger partial charge in [0, 0.05) is 23.4 Å². The van der Waals surface area contributed by atoms with Crippen LogP contribution in [0, 0.1) is 10.1 Å². The molecule has 0 aromatic heterocycles. The van der Waals surface area contributed by atoms with E-state index >= 15 is 0 Å². The van der Waals surface area contributed by atoms with E-state index in [1.807, 2.05) is 6.92 Å². The topological polar surface area (TPSA) is 92.5 Å². The molecule has 1 amide bonds. The van der Waals surface area contributed by atoms with Gasteiger partial charge in [-0.05, 0) is 37.7 Å². The fraction of sp³-hybridized carbons (Fsp3) is 0.708. The Kier molecular flexibility index (Phi) is 12.9. The van der Waals surface area contributed by atoms with Crippen LogP contribution in [-0.4, -0.2) is 44.6 Å². The summed E-state index contributed by atoms with van der Waals surface area (Å²) in [6.45, 7) is 3.09. The summed E-state index contributed by atoms with van der Waals surface area (Å²) in [5.41, 5.74) is -5.60. The van der Waals surface area contributed by atoms with Gasteiger partial charge in [0.25, 0.3) is 11.6 Å². The first-order chi connectivity index (χ1) is 17.8. The fourth-order valence-electron chi connectivity index (χ4n) is 3.70. The Balaban J connectivity index is 3.02. The molecule has 15 heteroatoms. The van der Waals surface area contributed by atoms with Crippen LogP contribution in [0.2, 0.25) is 0 Å². The summed E-state index contributed by atoms with van der Waals surface area (Å²) in [6, 6.07) is 1.76. The lowest BCUT2D eigenvalue weighted by Crippen LogP contribution is -2.48. The van der Waals surface area contributed by atoms with Gasteiger partial charge in [0.1, 0.15) is 5.56 Å². The van der Waals surface area contributed by atoms with Crippen molar-refractivity contribution in [2.45, 2.75) is 101 Å². The normalized spacial score (nSPS) is 15.1. The van der Waals surface area contributed by atoms with Crippen LogP contribution in [0.3, 0.4) is 0 Å². The van der Waals surface area contributed by atoms with Crippen molar-refractivity contribution in [2.24, 2.45) is 0 Å². The van der Waals surface area contributed by atoms with Gasteiger partial charge in [-0.1, -0.05) is 45.4 Å². The number of aliphatic hydroxyl groups is 1. The number of hydrogen-bond donors (Lipinski definition) is 2. The Labute approximate surface area is 225 Å². The van der Waals surface area contributed by atoms with Crippen LogP contribution >= 0.6 is 11.8 Å². The molecule has 2 atom stereocenters. The molecule has 0 saturated heterocycles. The Morgan fingerprint density at radius 1 is 1.03 bits per heavy atom. The first kappa shape index (κ1) is 34.9. The van der Waals surface area contributed by atoms with Gasteiger partial charge in [0.05, 0.1) is 4.92 Å². The van der Waals surface area contributed by atoms with Gasteiger partial charge in [0.15, 0.2) is 5.60 Å². The zero-order valence-electron chi connectivity index (χ0n) is 21.4. The number of benzene rings is 1. The highest BCUT2D eigenvalue weighted by atomic mass is 32.2. The summed E-state index contributed by atoms with van der Waals surface area (Å²) < 4.78 is 104. The van der Waals surface area contributed by atoms with E-state index in [9.17, 15) is 55.1 Å². The largest absolute Gasteiger partial charge is 0.453 e. The Morgan fingerprint density at radius 2 is 1.62 bits per heavy atom. The summed E-state index contributed by atoms with van der Waals surface area (Å²) in [6.07, 6.45) is -7.70. The van der Waals surface area contributed by atoms with Crippen LogP contribution in [0.25, 0.3) is 0 Å². The van der Waals surface area contributed by atoms with Crippen LogP contribution in [0.4, 0.5) is 46.5 Å². The molecule has 39 heavy (non-hydrogen) atoms. The number of nitro groups is 1. The number of nitrogens with one attached hydrogen (secondary N) is 1. The second-order valence-corrected chi connectivity index (χ2v) is 10.6. The molecule has 0 aliphatic heterocycles. The van der Waals surface area contributed by atoms with Crippen molar-refractivity contribution >= 4 is 29.0 Å². The predicted molar refractivity (Wildman–Crippen MR) is 132 cm³/mol. The van der Waals surface area contributed by atoms with E-state index in [1.54, 1.807) is 0 Å². The quantitative estimate of drug-likeness (QED) is 0.0870.